The highest BCUT2D eigenvalue weighted by Crippen LogP contribution is 2.36. The zero-order valence-electron chi connectivity index (χ0n) is 14.5. The molecule has 2 N–H and O–H groups in total. The summed E-state index contributed by atoms with van der Waals surface area (Å²) in [5, 5.41) is 16.3. The Morgan fingerprint density at radius 3 is 2.68 bits per heavy atom. The van der Waals surface area contributed by atoms with E-state index in [-0.39, 0.29) is 0 Å². The molecule has 2 aromatic heterocycles. The number of anilines is 2. The van der Waals surface area contributed by atoms with E-state index in [0.29, 0.717) is 22.8 Å². The van der Waals surface area contributed by atoms with Crippen molar-refractivity contribution in [2.24, 2.45) is 0 Å². The molecule has 0 saturated heterocycles. The number of amides is 2. The lowest BCUT2D eigenvalue weighted by atomic mass is 10.0. The Hall–Kier alpha value is -4.01. The minimum atomic E-state index is -0.993. The van der Waals surface area contributed by atoms with Crippen molar-refractivity contribution in [3.8, 4) is 22.5 Å². The first-order chi connectivity index (χ1) is 13.8. The number of H-pyrrole nitrogens is 1. The number of hydrogen-bond acceptors (Lipinski definition) is 5. The predicted octanol–water partition coefficient (Wildman–Crippen LogP) is 3.90. The molecule has 4 rings (SSSR count). The van der Waals surface area contributed by atoms with Gasteiger partial charge in [0.15, 0.2) is 6.80 Å². The summed E-state index contributed by atoms with van der Waals surface area (Å²) in [6.07, 6.45) is 3.18. The fourth-order valence-corrected chi connectivity index (χ4v) is 2.87. The highest BCUT2D eigenvalue weighted by molar-refractivity contribution is 6.03. The van der Waals surface area contributed by atoms with Gasteiger partial charge in [0.1, 0.15) is 0 Å². The van der Waals surface area contributed by atoms with Crippen LogP contribution in [-0.4, -0.2) is 33.5 Å². The Labute approximate surface area is 159 Å². The second kappa shape index (κ2) is 7.70. The molecule has 0 aliphatic rings. The molecule has 0 bridgehead atoms. The lowest BCUT2D eigenvalue weighted by Crippen LogP contribution is -2.36. The summed E-state index contributed by atoms with van der Waals surface area (Å²) in [5.41, 5.74) is 3.29. The van der Waals surface area contributed by atoms with E-state index in [9.17, 15) is 9.18 Å². The number of aromatic amines is 1. The number of benzene rings is 2. The second-order valence-electron chi connectivity index (χ2n) is 5.77. The highest BCUT2D eigenvalue weighted by Gasteiger charge is 2.23. The first-order valence-electron chi connectivity index (χ1n) is 8.37. The normalized spacial score (nSPS) is 10.6. The zero-order valence-corrected chi connectivity index (χ0v) is 14.5. The van der Waals surface area contributed by atoms with Crippen LogP contribution in [-0.2, 0) is 0 Å². The third-order valence-corrected chi connectivity index (χ3v) is 4.11. The van der Waals surface area contributed by atoms with Crippen molar-refractivity contribution in [3.05, 3.63) is 67.1 Å². The maximum Gasteiger partial charge on any atom is 0.328 e. The number of furan rings is 1. The predicted molar refractivity (Wildman–Crippen MR) is 100 cm³/mol. The van der Waals surface area contributed by atoms with Crippen LogP contribution in [0.15, 0.2) is 71.5 Å². The van der Waals surface area contributed by atoms with Crippen molar-refractivity contribution in [1.82, 2.24) is 25.9 Å². The third-order valence-electron chi connectivity index (χ3n) is 4.11. The van der Waals surface area contributed by atoms with Crippen LogP contribution < -0.4 is 10.2 Å². The zero-order chi connectivity index (χ0) is 19.3. The summed E-state index contributed by atoms with van der Waals surface area (Å²) in [7, 11) is 0. The van der Waals surface area contributed by atoms with E-state index in [1.807, 2.05) is 24.3 Å². The van der Waals surface area contributed by atoms with Gasteiger partial charge >= 0.3 is 6.03 Å². The van der Waals surface area contributed by atoms with Crippen LogP contribution >= 0.6 is 0 Å². The number of alkyl halides is 1. The molecule has 4 aromatic rings. The van der Waals surface area contributed by atoms with Gasteiger partial charge in [-0.2, -0.15) is 5.21 Å². The second-order valence-corrected chi connectivity index (χ2v) is 5.77. The van der Waals surface area contributed by atoms with Crippen LogP contribution in [0, 0.1) is 0 Å². The summed E-state index contributed by atoms with van der Waals surface area (Å²) in [5.74, 6) is 0.300. The van der Waals surface area contributed by atoms with Gasteiger partial charge in [-0.15, -0.1) is 10.2 Å². The molecule has 2 amide bonds. The number of para-hydroxylation sites is 1. The quantitative estimate of drug-likeness (QED) is 0.513. The Balaban J connectivity index is 1.89. The van der Waals surface area contributed by atoms with Gasteiger partial charge in [-0.25, -0.2) is 9.18 Å². The van der Waals surface area contributed by atoms with E-state index in [1.165, 1.54) is 4.90 Å². The van der Waals surface area contributed by atoms with Crippen molar-refractivity contribution < 1.29 is 13.6 Å². The number of carbonyl (C=O) groups is 1. The van der Waals surface area contributed by atoms with Crippen molar-refractivity contribution in [2.45, 2.75) is 0 Å². The molecule has 0 saturated carbocycles. The van der Waals surface area contributed by atoms with E-state index >= 15 is 0 Å². The van der Waals surface area contributed by atoms with Crippen LogP contribution in [0.4, 0.5) is 20.6 Å². The molecule has 0 spiro atoms. The number of tetrazole rings is 1. The maximum absolute atomic E-state index is 12.9. The number of halogens is 1. The first kappa shape index (κ1) is 17.4. The fourth-order valence-electron chi connectivity index (χ4n) is 2.87. The van der Waals surface area contributed by atoms with Crippen LogP contribution in [0.1, 0.15) is 0 Å². The van der Waals surface area contributed by atoms with Crippen LogP contribution in [0.2, 0.25) is 0 Å². The molecule has 9 heteroatoms. The van der Waals surface area contributed by atoms with Gasteiger partial charge in [0, 0.05) is 11.1 Å². The number of hydrogen-bond donors (Lipinski definition) is 2. The molecule has 0 aliphatic heterocycles. The molecule has 28 heavy (non-hydrogen) atoms. The van der Waals surface area contributed by atoms with Gasteiger partial charge in [-0.05, 0) is 41.1 Å². The molecule has 0 fully saturated rings. The van der Waals surface area contributed by atoms with Gasteiger partial charge in [0.2, 0.25) is 5.82 Å². The average molecular weight is 378 g/mol. The number of rotatable bonds is 5. The Bertz CT molecular complexity index is 1050. The SMILES string of the molecule is O=C(NCF)N(c1ccccc1)c1ccc(-c2ccoc2)cc1-c1nn[nH]n1. The van der Waals surface area contributed by atoms with Gasteiger partial charge in [-0.1, -0.05) is 24.3 Å². The third kappa shape index (κ3) is 3.32. The number of aromatic nitrogens is 4. The summed E-state index contributed by atoms with van der Waals surface area (Å²) in [4.78, 5) is 14.0. The van der Waals surface area contributed by atoms with Gasteiger partial charge in [-0.3, -0.25) is 4.90 Å². The summed E-state index contributed by atoms with van der Waals surface area (Å²) in [6.45, 7) is -0.993. The number of nitrogens with zero attached hydrogens (tertiary/aromatic N) is 4. The summed E-state index contributed by atoms with van der Waals surface area (Å²) >= 11 is 0. The average Bonchev–Trinajstić information content (AvgIpc) is 3.44. The van der Waals surface area contributed by atoms with Gasteiger partial charge < -0.3 is 9.73 Å². The molecule has 0 aliphatic carbocycles. The first-order valence-corrected chi connectivity index (χ1v) is 8.37. The standard InChI is InChI=1S/C19H15FN6O2/c20-12-21-19(27)26(15-4-2-1-3-5-15)17-7-6-13(14-8-9-28-11-14)10-16(17)18-22-24-25-23-18/h1-11H,12H2,(H,21,27)(H,22,23,24,25). The van der Waals surface area contributed by atoms with E-state index in [2.05, 4.69) is 25.9 Å². The highest BCUT2D eigenvalue weighted by atomic mass is 19.1. The molecule has 0 atom stereocenters. The monoisotopic (exact) mass is 378 g/mol. The Morgan fingerprint density at radius 2 is 2.00 bits per heavy atom. The molecule has 2 heterocycles. The van der Waals surface area contributed by atoms with E-state index in [0.717, 1.165) is 11.1 Å². The van der Waals surface area contributed by atoms with E-state index in [1.54, 1.807) is 42.9 Å². The lowest BCUT2D eigenvalue weighted by Gasteiger charge is -2.25. The summed E-state index contributed by atoms with van der Waals surface area (Å²) < 4.78 is 18.0. The molecule has 0 radical (unpaired) electrons. The van der Waals surface area contributed by atoms with Crippen molar-refractivity contribution >= 4 is 17.4 Å². The molecule has 140 valence electrons. The largest absolute Gasteiger partial charge is 0.472 e. The smallest absolute Gasteiger partial charge is 0.328 e. The van der Waals surface area contributed by atoms with Gasteiger partial charge in [0.05, 0.1) is 23.9 Å². The maximum atomic E-state index is 12.9. The molecule has 2 aromatic carbocycles. The number of urea groups is 1. The number of nitrogens with one attached hydrogen (secondary N) is 2. The van der Waals surface area contributed by atoms with Crippen molar-refractivity contribution in [3.63, 3.8) is 0 Å². The van der Waals surface area contributed by atoms with E-state index < -0.39 is 12.8 Å². The topological polar surface area (TPSA) is 99.9 Å². The molecular formula is C19H15FN6O2. The number of carbonyl (C=O) groups excluding carboxylic acids is 1. The Kier molecular flexibility index (Phi) is 4.79. The van der Waals surface area contributed by atoms with Crippen LogP contribution in [0.25, 0.3) is 22.5 Å². The minimum Gasteiger partial charge on any atom is -0.472 e. The lowest BCUT2D eigenvalue weighted by molar-refractivity contribution is 0.243. The van der Waals surface area contributed by atoms with Gasteiger partial charge in [0.25, 0.3) is 0 Å². The summed E-state index contributed by atoms with van der Waals surface area (Å²) in [6, 6.07) is 15.5. The molecule has 8 nitrogen and oxygen atoms in total. The molecule has 0 unspecified atom stereocenters. The van der Waals surface area contributed by atoms with Crippen molar-refractivity contribution in [1.29, 1.82) is 0 Å². The van der Waals surface area contributed by atoms with Crippen molar-refractivity contribution in [2.75, 3.05) is 11.7 Å². The minimum absolute atomic E-state index is 0.300. The fraction of sp³-hybridized carbons (Fsp3) is 0.0526. The molecular weight excluding hydrogens is 363 g/mol. The van der Waals surface area contributed by atoms with E-state index in [4.69, 9.17) is 4.42 Å². The van der Waals surface area contributed by atoms with Crippen LogP contribution in [0.3, 0.4) is 0 Å². The van der Waals surface area contributed by atoms with Crippen LogP contribution in [0.5, 0.6) is 0 Å². The Morgan fingerprint density at radius 1 is 1.14 bits per heavy atom.